The molecule has 1 aromatic heterocycles. The number of hydrogen-bond donors (Lipinski definition) is 13. The summed E-state index contributed by atoms with van der Waals surface area (Å²) in [5, 5.41) is 51.3. The minimum atomic E-state index is -1.67. The van der Waals surface area contributed by atoms with Gasteiger partial charge in [-0.05, 0) is 75.8 Å². The van der Waals surface area contributed by atoms with Crippen LogP contribution in [-0.2, 0) is 52.8 Å². The molecule has 0 aliphatic carbocycles. The second-order valence-corrected chi connectivity index (χ2v) is 20.5. The van der Waals surface area contributed by atoms with E-state index in [1.165, 1.54) is 20.8 Å². The molecule has 2 unspecified atom stereocenters. The number of amides is 7. The first-order chi connectivity index (χ1) is 34.4. The van der Waals surface area contributed by atoms with Gasteiger partial charge in [-0.1, -0.05) is 100 Å². The highest BCUT2D eigenvalue weighted by Gasteiger charge is 2.37. The number of para-hydroxylation sites is 1. The van der Waals surface area contributed by atoms with Gasteiger partial charge >= 0.3 is 0 Å². The molecule has 20 nitrogen and oxygen atoms in total. The van der Waals surface area contributed by atoms with Gasteiger partial charge in [-0.2, -0.15) is 0 Å². The summed E-state index contributed by atoms with van der Waals surface area (Å²) >= 11 is 0. The van der Waals surface area contributed by atoms with E-state index in [0.717, 1.165) is 38.1 Å². The predicted octanol–water partition coefficient (Wildman–Crippen LogP) is -0.417. The molecule has 1 fully saturated rings. The summed E-state index contributed by atoms with van der Waals surface area (Å²) in [4.78, 5) is 103. The molecule has 1 aliphatic heterocycles. The Morgan fingerprint density at radius 3 is 1.89 bits per heavy atom. The standard InChI is InChI=1S/C50H68N10O10S2/c1-28(61)42(29(2)62)59-49(69)41-27-72-71-26-40(57-44(64)35(52)22-31-14-6-4-7-15-31)48(68)55-38(23-32-16-8-5-9-17-32)46(66)56-39(24-33-25-53-36-19-11-10-18-34(33)36)47(67)54-37(20-12-13-21-51)45(65)60-43(30(3)63)50(70)58-41/h4-11,14-19,25,28-30,35,37-43,53,61-63H,12-13,20-24,26-27,51-52H2,1-3H3,(H,54,67)(H,55,68)(H,56,66)(H,57,64)(H,58,70)(H,59,69)(H,60,65)/t28-,29?,30-,35-,37+,38+,39-,40+,41+,42?,43+/m1/s1. The Hall–Kier alpha value is -6.01. The number of aliphatic hydroxyl groups excluding tert-OH is 3. The first kappa shape index (κ1) is 56.9. The highest BCUT2D eigenvalue weighted by atomic mass is 33.1. The third-order valence-electron chi connectivity index (χ3n) is 12.1. The average Bonchev–Trinajstić information content (AvgIpc) is 3.76. The van der Waals surface area contributed by atoms with Gasteiger partial charge in [0.15, 0.2) is 0 Å². The van der Waals surface area contributed by atoms with Crippen LogP contribution >= 0.6 is 21.6 Å². The van der Waals surface area contributed by atoms with Crippen LogP contribution in [0.2, 0.25) is 0 Å². The number of rotatable bonds is 17. The van der Waals surface area contributed by atoms with Crippen molar-refractivity contribution in [3.8, 4) is 0 Å². The van der Waals surface area contributed by atoms with Crippen LogP contribution < -0.4 is 48.7 Å². The number of carbonyl (C=O) groups excluding carboxylic acids is 7. The molecule has 1 saturated heterocycles. The number of unbranched alkanes of at least 4 members (excludes halogenated alkanes) is 1. The van der Waals surface area contributed by atoms with E-state index in [4.69, 9.17) is 11.5 Å². The van der Waals surface area contributed by atoms with E-state index in [1.54, 1.807) is 60.8 Å². The van der Waals surface area contributed by atoms with E-state index in [1.807, 2.05) is 30.3 Å². The number of H-pyrrole nitrogens is 1. The topological polar surface area (TPSA) is 332 Å². The van der Waals surface area contributed by atoms with Crippen LogP contribution in [-0.4, -0.2) is 146 Å². The molecular formula is C50H68N10O10S2. The normalized spacial score (nSPS) is 23.1. The average molecular weight is 1030 g/mol. The molecular weight excluding hydrogens is 965 g/mol. The Bertz CT molecular complexity index is 2420. The number of benzene rings is 3. The molecule has 5 rings (SSSR count). The zero-order valence-electron chi connectivity index (χ0n) is 40.5. The molecule has 4 aromatic rings. The van der Waals surface area contributed by atoms with Crippen LogP contribution in [0.25, 0.3) is 10.9 Å². The molecule has 0 spiro atoms. The quantitative estimate of drug-likeness (QED) is 0.0473. The highest BCUT2D eigenvalue weighted by Crippen LogP contribution is 2.24. The van der Waals surface area contributed by atoms with Crippen molar-refractivity contribution in [2.45, 2.75) is 126 Å². The van der Waals surface area contributed by atoms with Gasteiger partial charge in [-0.3, -0.25) is 33.6 Å². The number of fused-ring (bicyclic) bond motifs is 1. The number of nitrogens with one attached hydrogen (secondary N) is 8. The van der Waals surface area contributed by atoms with Crippen molar-refractivity contribution < 1.29 is 48.9 Å². The maximum atomic E-state index is 14.7. The fraction of sp³-hybridized carbons (Fsp3) is 0.460. The first-order valence-electron chi connectivity index (χ1n) is 23.9. The molecule has 72 heavy (non-hydrogen) atoms. The second kappa shape index (κ2) is 28.3. The summed E-state index contributed by atoms with van der Waals surface area (Å²) < 4.78 is 0. The zero-order valence-corrected chi connectivity index (χ0v) is 42.2. The molecule has 390 valence electrons. The molecule has 0 saturated carbocycles. The Morgan fingerprint density at radius 1 is 0.681 bits per heavy atom. The van der Waals surface area contributed by atoms with Crippen LogP contribution in [0.4, 0.5) is 0 Å². The van der Waals surface area contributed by atoms with Crippen LogP contribution in [0.5, 0.6) is 0 Å². The fourth-order valence-corrected chi connectivity index (χ4v) is 10.4. The Balaban J connectivity index is 1.57. The zero-order chi connectivity index (χ0) is 52.3. The van der Waals surface area contributed by atoms with Gasteiger partial charge in [0.25, 0.3) is 0 Å². The Labute approximate surface area is 426 Å². The van der Waals surface area contributed by atoms with Crippen molar-refractivity contribution >= 4 is 73.8 Å². The lowest BCUT2D eigenvalue weighted by Gasteiger charge is -2.30. The summed E-state index contributed by atoms with van der Waals surface area (Å²) in [6, 6.07) is 14.5. The highest BCUT2D eigenvalue weighted by molar-refractivity contribution is 8.76. The Kier molecular flexibility index (Phi) is 22.4. The van der Waals surface area contributed by atoms with Crippen molar-refractivity contribution in [3.63, 3.8) is 0 Å². The van der Waals surface area contributed by atoms with Gasteiger partial charge < -0.3 is 69.0 Å². The predicted molar refractivity (Wildman–Crippen MR) is 277 cm³/mol. The molecule has 7 amide bonds. The van der Waals surface area contributed by atoms with Gasteiger partial charge in [0.1, 0.15) is 36.3 Å². The lowest BCUT2D eigenvalue weighted by atomic mass is 10.0. The lowest BCUT2D eigenvalue weighted by Crippen LogP contribution is -2.62. The number of carbonyl (C=O) groups is 7. The van der Waals surface area contributed by atoms with E-state index in [0.29, 0.717) is 24.0 Å². The number of aliphatic hydroxyl groups is 3. The van der Waals surface area contributed by atoms with Crippen LogP contribution in [0.3, 0.4) is 0 Å². The summed E-state index contributed by atoms with van der Waals surface area (Å²) in [7, 11) is 2.06. The lowest BCUT2D eigenvalue weighted by molar-refractivity contribution is -0.136. The fourth-order valence-electron chi connectivity index (χ4n) is 8.03. The monoisotopic (exact) mass is 1030 g/mol. The molecule has 0 bridgehead atoms. The van der Waals surface area contributed by atoms with Crippen molar-refractivity contribution in [1.82, 2.24) is 42.2 Å². The van der Waals surface area contributed by atoms with Crippen molar-refractivity contribution in [2.75, 3.05) is 18.1 Å². The summed E-state index contributed by atoms with van der Waals surface area (Å²) in [5.74, 6) is -6.03. The summed E-state index contributed by atoms with van der Waals surface area (Å²) in [6.07, 6.45) is -1.41. The summed E-state index contributed by atoms with van der Waals surface area (Å²) in [6.45, 7) is 4.25. The summed E-state index contributed by atoms with van der Waals surface area (Å²) in [5.41, 5.74) is 15.0. The molecule has 0 radical (unpaired) electrons. The molecule has 22 heteroatoms. The largest absolute Gasteiger partial charge is 0.391 e. The van der Waals surface area contributed by atoms with Gasteiger partial charge in [0.2, 0.25) is 41.4 Å². The Morgan fingerprint density at radius 2 is 1.25 bits per heavy atom. The van der Waals surface area contributed by atoms with Crippen LogP contribution in [0.1, 0.15) is 56.7 Å². The van der Waals surface area contributed by atoms with E-state index < -0.39 is 108 Å². The third kappa shape index (κ3) is 17.1. The second-order valence-electron chi connectivity index (χ2n) is 18.0. The first-order valence-corrected chi connectivity index (χ1v) is 26.4. The maximum absolute atomic E-state index is 14.7. The van der Waals surface area contributed by atoms with Crippen LogP contribution in [0, 0.1) is 0 Å². The molecule has 2 heterocycles. The van der Waals surface area contributed by atoms with Gasteiger partial charge in [-0.15, -0.1) is 0 Å². The SMILES string of the molecule is CC(O)C(NC(=O)[C@@H]1CSSC[C@H](NC(=O)[C@H](N)Cc2ccccc2)C(=O)N[C@@H](Cc2ccccc2)C(=O)N[C@H](Cc2c[nH]c3ccccc23)C(=O)N[C@@H](CCCCN)C(=O)N[C@@H]([C@@H](C)O)C(=O)N1)[C@@H](C)O. The van der Waals surface area contributed by atoms with E-state index in [-0.39, 0.29) is 43.7 Å². The molecule has 1 aliphatic rings. The number of aromatic nitrogens is 1. The smallest absolute Gasteiger partial charge is 0.245 e. The number of hydrogen-bond acceptors (Lipinski definition) is 14. The van der Waals surface area contributed by atoms with Gasteiger partial charge in [-0.25, -0.2) is 0 Å². The third-order valence-corrected chi connectivity index (χ3v) is 14.5. The van der Waals surface area contributed by atoms with E-state index in [9.17, 15) is 48.9 Å². The number of aromatic amines is 1. The van der Waals surface area contributed by atoms with Crippen molar-refractivity contribution in [1.29, 1.82) is 0 Å². The maximum Gasteiger partial charge on any atom is 0.245 e. The molecule has 3 aromatic carbocycles. The van der Waals surface area contributed by atoms with E-state index >= 15 is 0 Å². The molecule has 11 atom stereocenters. The van der Waals surface area contributed by atoms with E-state index in [2.05, 4.69) is 42.2 Å². The minimum Gasteiger partial charge on any atom is -0.391 e. The van der Waals surface area contributed by atoms with Crippen molar-refractivity contribution in [2.24, 2.45) is 11.5 Å². The minimum absolute atomic E-state index is 0.0322. The van der Waals surface area contributed by atoms with Gasteiger partial charge in [0.05, 0.1) is 30.4 Å². The number of nitrogens with two attached hydrogens (primary N) is 2. The van der Waals surface area contributed by atoms with Crippen LogP contribution in [0.15, 0.2) is 91.1 Å². The van der Waals surface area contributed by atoms with Crippen molar-refractivity contribution in [3.05, 3.63) is 108 Å². The molecule has 15 N–H and O–H groups in total. The van der Waals surface area contributed by atoms with Gasteiger partial charge in [0, 0.05) is 41.4 Å².